The average molecular weight is 325 g/mol. The molecule has 0 N–H and O–H groups in total. The maximum absolute atomic E-state index is 12.6. The van der Waals surface area contributed by atoms with E-state index in [2.05, 4.69) is 18.6 Å². The number of piperidine rings is 1. The van der Waals surface area contributed by atoms with Crippen LogP contribution in [0.4, 0.5) is 0 Å². The summed E-state index contributed by atoms with van der Waals surface area (Å²) >= 11 is 0. The number of ether oxygens (including phenoxy) is 1. The van der Waals surface area contributed by atoms with Crippen LogP contribution in [0.15, 0.2) is 24.3 Å². The van der Waals surface area contributed by atoms with Gasteiger partial charge in [0.1, 0.15) is 0 Å². The Labute approximate surface area is 132 Å². The molecule has 0 radical (unpaired) electrons. The van der Waals surface area contributed by atoms with Crippen LogP contribution in [0.3, 0.4) is 0 Å². The first-order valence-corrected chi connectivity index (χ1v) is 8.99. The maximum atomic E-state index is 12.6. The Balaban J connectivity index is 2.10. The molecule has 2 rings (SSSR count). The normalized spacial score (nSPS) is 18.9. The van der Waals surface area contributed by atoms with Gasteiger partial charge < -0.3 is 4.74 Å². The quantitative estimate of drug-likeness (QED) is 0.798. The number of carbonyl (C=O) groups is 1. The predicted molar refractivity (Wildman–Crippen MR) is 85.0 cm³/mol. The van der Waals surface area contributed by atoms with Crippen LogP contribution in [0.1, 0.15) is 42.6 Å². The summed E-state index contributed by atoms with van der Waals surface area (Å²) in [6.45, 7) is 5.35. The van der Waals surface area contributed by atoms with E-state index in [0.717, 1.165) is 12.8 Å². The first-order valence-electron chi connectivity index (χ1n) is 7.39. The molecule has 0 amide bonds. The Morgan fingerprint density at radius 1 is 1.27 bits per heavy atom. The molecule has 6 heteroatoms. The van der Waals surface area contributed by atoms with Gasteiger partial charge in [0.05, 0.1) is 18.4 Å². The van der Waals surface area contributed by atoms with Crippen molar-refractivity contribution in [2.45, 2.75) is 32.4 Å². The molecule has 1 heterocycles. The molecule has 22 heavy (non-hydrogen) atoms. The van der Waals surface area contributed by atoms with Crippen LogP contribution in [0.5, 0.6) is 0 Å². The fourth-order valence-corrected chi connectivity index (χ4v) is 4.51. The third-order valence-electron chi connectivity index (χ3n) is 3.98. The number of hydrogen-bond acceptors (Lipinski definition) is 4. The summed E-state index contributed by atoms with van der Waals surface area (Å²) in [5.41, 5.74) is 1.12. The smallest absolute Gasteiger partial charge is 0.337 e. The van der Waals surface area contributed by atoms with Crippen molar-refractivity contribution in [3.05, 3.63) is 35.4 Å². The van der Waals surface area contributed by atoms with Gasteiger partial charge in [0.25, 0.3) is 0 Å². The summed E-state index contributed by atoms with van der Waals surface area (Å²) in [4.78, 5) is 11.4. The molecule has 1 saturated heterocycles. The third-order valence-corrected chi connectivity index (χ3v) is 5.78. The van der Waals surface area contributed by atoms with Gasteiger partial charge in [-0.05, 0) is 36.0 Å². The molecule has 1 aromatic rings. The van der Waals surface area contributed by atoms with Gasteiger partial charge in [-0.1, -0.05) is 26.0 Å². The fourth-order valence-electron chi connectivity index (χ4n) is 2.76. The van der Waals surface area contributed by atoms with E-state index in [1.54, 1.807) is 28.6 Å². The minimum Gasteiger partial charge on any atom is -0.465 e. The number of esters is 1. The Kier molecular flexibility index (Phi) is 4.92. The second-order valence-corrected chi connectivity index (χ2v) is 8.51. The van der Waals surface area contributed by atoms with E-state index in [-0.39, 0.29) is 11.2 Å². The average Bonchev–Trinajstić information content (AvgIpc) is 2.46. The number of hydrogen-bond donors (Lipinski definition) is 0. The van der Waals surface area contributed by atoms with Crippen LogP contribution in [0.2, 0.25) is 0 Å². The molecule has 0 saturated carbocycles. The molecule has 1 fully saturated rings. The summed E-state index contributed by atoms with van der Waals surface area (Å²) in [6.07, 6.45) is 1.94. The summed E-state index contributed by atoms with van der Waals surface area (Å²) in [6, 6.07) is 6.52. The molecule has 1 aliphatic heterocycles. The highest BCUT2D eigenvalue weighted by Crippen LogP contribution is 2.30. The minimum absolute atomic E-state index is 0.0278. The van der Waals surface area contributed by atoms with Crippen molar-refractivity contribution >= 4 is 16.0 Å². The lowest BCUT2D eigenvalue weighted by Gasteiger charge is -2.37. The first-order chi connectivity index (χ1) is 10.2. The summed E-state index contributed by atoms with van der Waals surface area (Å²) < 4.78 is 31.3. The predicted octanol–water partition coefficient (Wildman–Crippen LogP) is 2.43. The topological polar surface area (TPSA) is 63.7 Å². The molecule has 0 bridgehead atoms. The number of rotatable bonds is 4. The van der Waals surface area contributed by atoms with Crippen LogP contribution in [0, 0.1) is 5.41 Å². The van der Waals surface area contributed by atoms with Crippen LogP contribution in [-0.4, -0.2) is 38.9 Å². The third kappa shape index (κ3) is 4.08. The van der Waals surface area contributed by atoms with Gasteiger partial charge >= 0.3 is 5.97 Å². The number of nitrogens with zero attached hydrogens (tertiary/aromatic N) is 1. The maximum Gasteiger partial charge on any atom is 0.337 e. The zero-order chi connectivity index (χ0) is 16.4. The summed E-state index contributed by atoms with van der Waals surface area (Å²) in [5, 5.41) is 0. The molecule has 1 aromatic carbocycles. The van der Waals surface area contributed by atoms with Crippen molar-refractivity contribution in [2.24, 2.45) is 5.41 Å². The summed E-state index contributed by atoms with van der Waals surface area (Å²) in [7, 11) is -2.01. The number of sulfonamides is 1. The monoisotopic (exact) mass is 325 g/mol. The Bertz CT molecular complexity index is 635. The molecule has 1 aliphatic rings. The Morgan fingerprint density at radius 3 is 2.45 bits per heavy atom. The molecule has 5 nitrogen and oxygen atoms in total. The number of methoxy groups -OCH3 is 1. The Hall–Kier alpha value is -1.40. The van der Waals surface area contributed by atoms with E-state index in [1.165, 1.54) is 7.11 Å². The van der Waals surface area contributed by atoms with Crippen LogP contribution >= 0.6 is 0 Å². The number of carbonyl (C=O) groups excluding carboxylic acids is 1. The molecular weight excluding hydrogens is 302 g/mol. The molecule has 122 valence electrons. The van der Waals surface area contributed by atoms with Gasteiger partial charge in [-0.3, -0.25) is 0 Å². The van der Waals surface area contributed by atoms with Crippen molar-refractivity contribution in [1.29, 1.82) is 0 Å². The highest BCUT2D eigenvalue weighted by Gasteiger charge is 2.33. The highest BCUT2D eigenvalue weighted by atomic mass is 32.2. The standard InChI is InChI=1S/C16H23NO4S/c1-16(2)9-4-10-17(12-16)22(19,20)11-13-5-7-14(8-6-13)15(18)21-3/h5-8H,4,9-12H2,1-3H3. The lowest BCUT2D eigenvalue weighted by Crippen LogP contribution is -2.43. The lowest BCUT2D eigenvalue weighted by molar-refractivity contribution is 0.0600. The van der Waals surface area contributed by atoms with E-state index < -0.39 is 16.0 Å². The molecular formula is C16H23NO4S. The molecule has 0 spiro atoms. The van der Waals surface area contributed by atoms with E-state index in [0.29, 0.717) is 24.2 Å². The van der Waals surface area contributed by atoms with Crippen molar-refractivity contribution in [1.82, 2.24) is 4.31 Å². The van der Waals surface area contributed by atoms with Gasteiger partial charge in [0.15, 0.2) is 0 Å². The summed E-state index contributed by atoms with van der Waals surface area (Å²) in [5.74, 6) is -0.461. The highest BCUT2D eigenvalue weighted by molar-refractivity contribution is 7.88. The van der Waals surface area contributed by atoms with E-state index in [9.17, 15) is 13.2 Å². The van der Waals surface area contributed by atoms with Crippen molar-refractivity contribution in [3.63, 3.8) is 0 Å². The minimum atomic E-state index is -3.33. The van der Waals surface area contributed by atoms with Gasteiger partial charge in [-0.2, -0.15) is 0 Å². The van der Waals surface area contributed by atoms with Crippen molar-refractivity contribution < 1.29 is 17.9 Å². The molecule has 0 unspecified atom stereocenters. The fraction of sp³-hybridized carbons (Fsp3) is 0.562. The lowest BCUT2D eigenvalue weighted by atomic mass is 9.85. The van der Waals surface area contributed by atoms with Crippen LogP contribution in [-0.2, 0) is 20.5 Å². The SMILES string of the molecule is COC(=O)c1ccc(CS(=O)(=O)N2CCCC(C)(C)C2)cc1. The molecule has 0 aromatic heterocycles. The second kappa shape index (κ2) is 6.38. The second-order valence-electron chi connectivity index (χ2n) is 6.55. The largest absolute Gasteiger partial charge is 0.465 e. The molecule has 0 atom stereocenters. The molecule has 0 aliphatic carbocycles. The van der Waals surface area contributed by atoms with Crippen molar-refractivity contribution in [3.8, 4) is 0 Å². The van der Waals surface area contributed by atoms with E-state index >= 15 is 0 Å². The van der Waals surface area contributed by atoms with Gasteiger partial charge in [0, 0.05) is 13.1 Å². The van der Waals surface area contributed by atoms with Gasteiger partial charge in [0.2, 0.25) is 10.0 Å². The van der Waals surface area contributed by atoms with E-state index in [4.69, 9.17) is 0 Å². The van der Waals surface area contributed by atoms with Crippen LogP contribution < -0.4 is 0 Å². The van der Waals surface area contributed by atoms with Gasteiger partial charge in [-0.25, -0.2) is 17.5 Å². The van der Waals surface area contributed by atoms with Crippen molar-refractivity contribution in [2.75, 3.05) is 20.2 Å². The van der Waals surface area contributed by atoms with E-state index in [1.807, 2.05) is 0 Å². The Morgan fingerprint density at radius 2 is 1.91 bits per heavy atom. The van der Waals surface area contributed by atoms with Crippen LogP contribution in [0.25, 0.3) is 0 Å². The zero-order valence-electron chi connectivity index (χ0n) is 13.3. The number of benzene rings is 1. The first kappa shape index (κ1) is 17.0. The van der Waals surface area contributed by atoms with Gasteiger partial charge in [-0.15, -0.1) is 0 Å². The zero-order valence-corrected chi connectivity index (χ0v) is 14.1.